The van der Waals surface area contributed by atoms with Crippen LogP contribution in [0, 0.1) is 11.7 Å². The fourth-order valence-corrected chi connectivity index (χ4v) is 2.79. The second-order valence-corrected chi connectivity index (χ2v) is 6.09. The zero-order valence-electron chi connectivity index (χ0n) is 12.0. The van der Waals surface area contributed by atoms with Crippen molar-refractivity contribution in [3.05, 3.63) is 16.9 Å². The Kier molecular flexibility index (Phi) is 4.60. The molecule has 0 radical (unpaired) electrons. The van der Waals surface area contributed by atoms with Crippen LogP contribution < -0.4 is 16.4 Å². The summed E-state index contributed by atoms with van der Waals surface area (Å²) in [5.74, 6) is 0.121. The summed E-state index contributed by atoms with van der Waals surface area (Å²) in [6.07, 6.45) is 0. The molecule has 0 saturated carbocycles. The number of hydrogen-bond donors (Lipinski definition) is 2. The largest absolute Gasteiger partial charge is 0.397 e. The van der Waals surface area contributed by atoms with Gasteiger partial charge in [-0.1, -0.05) is 25.4 Å². The highest BCUT2D eigenvalue weighted by atomic mass is 35.5. The molecule has 2 rings (SSSR count). The highest BCUT2D eigenvalue weighted by Crippen LogP contribution is 2.36. The van der Waals surface area contributed by atoms with E-state index in [0.717, 1.165) is 32.7 Å². The maximum atomic E-state index is 14.3. The van der Waals surface area contributed by atoms with E-state index in [1.54, 1.807) is 0 Å². The number of hydrogen-bond acceptors (Lipinski definition) is 4. The fraction of sp³-hybridized carbons (Fsp3) is 0.571. The van der Waals surface area contributed by atoms with Crippen LogP contribution in [0.4, 0.5) is 21.5 Å². The lowest BCUT2D eigenvalue weighted by molar-refractivity contribution is 0.231. The maximum absolute atomic E-state index is 14.3. The lowest BCUT2D eigenvalue weighted by Crippen LogP contribution is -2.47. The molecule has 0 amide bonds. The first-order chi connectivity index (χ1) is 9.40. The average Bonchev–Trinajstić information content (AvgIpc) is 2.37. The smallest absolute Gasteiger partial charge is 0.169 e. The molecule has 4 nitrogen and oxygen atoms in total. The molecule has 112 valence electrons. The molecule has 1 fully saturated rings. The van der Waals surface area contributed by atoms with Crippen LogP contribution in [-0.4, -0.2) is 37.6 Å². The number of nitrogen functional groups attached to an aromatic ring is 2. The van der Waals surface area contributed by atoms with Gasteiger partial charge in [-0.25, -0.2) is 4.39 Å². The Bertz CT molecular complexity index is 485. The SMILES string of the molecule is CC(C)CN1CCN(c2c(N)cc(N)c(Cl)c2F)CC1. The van der Waals surface area contributed by atoms with Crippen molar-refractivity contribution in [2.24, 2.45) is 5.92 Å². The highest BCUT2D eigenvalue weighted by Gasteiger charge is 2.24. The van der Waals surface area contributed by atoms with Gasteiger partial charge in [0.05, 0.1) is 17.1 Å². The Hall–Kier alpha value is -1.20. The standard InChI is InChI=1S/C14H22ClFN4/c1-9(2)8-19-3-5-20(6-4-19)14-11(18)7-10(17)12(15)13(14)16/h7,9H,3-6,8,17-18H2,1-2H3. The number of rotatable bonds is 3. The predicted octanol–water partition coefficient (Wildman–Crippen LogP) is 2.42. The first kappa shape index (κ1) is 15.2. The summed E-state index contributed by atoms with van der Waals surface area (Å²) in [5.41, 5.74) is 12.4. The molecule has 1 aliphatic heterocycles. The molecular weight excluding hydrogens is 279 g/mol. The lowest BCUT2D eigenvalue weighted by atomic mass is 10.1. The quantitative estimate of drug-likeness (QED) is 0.842. The first-order valence-corrected chi connectivity index (χ1v) is 7.28. The van der Waals surface area contributed by atoms with Gasteiger partial charge in [0.2, 0.25) is 0 Å². The summed E-state index contributed by atoms with van der Waals surface area (Å²) in [6.45, 7) is 8.75. The summed E-state index contributed by atoms with van der Waals surface area (Å²) in [4.78, 5) is 4.33. The van der Waals surface area contributed by atoms with E-state index in [4.69, 9.17) is 23.1 Å². The maximum Gasteiger partial charge on any atom is 0.169 e. The van der Waals surface area contributed by atoms with Gasteiger partial charge < -0.3 is 16.4 Å². The van der Waals surface area contributed by atoms with Crippen molar-refractivity contribution in [2.45, 2.75) is 13.8 Å². The van der Waals surface area contributed by atoms with Crippen LogP contribution in [0.3, 0.4) is 0 Å². The van der Waals surface area contributed by atoms with Crippen molar-refractivity contribution >= 4 is 28.7 Å². The summed E-state index contributed by atoms with van der Waals surface area (Å²) < 4.78 is 14.3. The van der Waals surface area contributed by atoms with Crippen molar-refractivity contribution in [3.63, 3.8) is 0 Å². The molecule has 0 unspecified atom stereocenters. The molecule has 0 bridgehead atoms. The van der Waals surface area contributed by atoms with Gasteiger partial charge in [-0.15, -0.1) is 0 Å². The van der Waals surface area contributed by atoms with E-state index in [-0.39, 0.29) is 10.7 Å². The van der Waals surface area contributed by atoms with E-state index in [1.807, 2.05) is 4.90 Å². The number of halogens is 2. The van der Waals surface area contributed by atoms with Gasteiger partial charge in [0.1, 0.15) is 5.02 Å². The minimum Gasteiger partial charge on any atom is -0.397 e. The van der Waals surface area contributed by atoms with Crippen LogP contribution >= 0.6 is 11.6 Å². The third kappa shape index (κ3) is 3.10. The molecule has 4 N–H and O–H groups in total. The van der Waals surface area contributed by atoms with Crippen LogP contribution in [0.2, 0.25) is 5.02 Å². The Morgan fingerprint density at radius 3 is 2.35 bits per heavy atom. The monoisotopic (exact) mass is 300 g/mol. The van der Waals surface area contributed by atoms with Gasteiger partial charge in [0.15, 0.2) is 5.82 Å². The summed E-state index contributed by atoms with van der Waals surface area (Å²) in [6, 6.07) is 1.53. The van der Waals surface area contributed by atoms with Crippen LogP contribution in [-0.2, 0) is 0 Å². The molecule has 20 heavy (non-hydrogen) atoms. The number of nitrogens with zero attached hydrogens (tertiary/aromatic N) is 2. The van der Waals surface area contributed by atoms with Crippen molar-refractivity contribution in [1.82, 2.24) is 4.90 Å². The molecule has 1 aliphatic rings. The molecular formula is C14H22ClFN4. The van der Waals surface area contributed by atoms with Crippen LogP contribution in [0.25, 0.3) is 0 Å². The molecule has 1 aromatic carbocycles. The number of anilines is 3. The number of benzene rings is 1. The molecule has 1 aromatic rings. The zero-order chi connectivity index (χ0) is 14.9. The van der Waals surface area contributed by atoms with Gasteiger partial charge in [0.25, 0.3) is 0 Å². The van der Waals surface area contributed by atoms with Gasteiger partial charge in [-0.2, -0.15) is 0 Å². The minimum atomic E-state index is -0.513. The second-order valence-electron chi connectivity index (χ2n) is 5.71. The van der Waals surface area contributed by atoms with E-state index in [1.165, 1.54) is 6.07 Å². The van der Waals surface area contributed by atoms with Gasteiger partial charge in [0, 0.05) is 32.7 Å². The highest BCUT2D eigenvalue weighted by molar-refractivity contribution is 6.33. The second kappa shape index (κ2) is 6.06. The molecule has 0 atom stereocenters. The van der Waals surface area contributed by atoms with Crippen LogP contribution in [0.15, 0.2) is 6.07 Å². The predicted molar refractivity (Wildman–Crippen MR) is 83.7 cm³/mol. The van der Waals surface area contributed by atoms with Crippen molar-refractivity contribution in [2.75, 3.05) is 49.1 Å². The Labute approximate surface area is 124 Å². The van der Waals surface area contributed by atoms with Gasteiger partial charge in [-0.3, -0.25) is 4.90 Å². The third-order valence-corrected chi connectivity index (χ3v) is 3.93. The van der Waals surface area contributed by atoms with E-state index < -0.39 is 5.82 Å². The molecule has 6 heteroatoms. The zero-order valence-corrected chi connectivity index (χ0v) is 12.8. The average molecular weight is 301 g/mol. The topological polar surface area (TPSA) is 58.5 Å². The summed E-state index contributed by atoms with van der Waals surface area (Å²) in [5, 5.41) is -0.0428. The molecule has 1 heterocycles. The summed E-state index contributed by atoms with van der Waals surface area (Å²) in [7, 11) is 0. The Morgan fingerprint density at radius 2 is 1.80 bits per heavy atom. The van der Waals surface area contributed by atoms with E-state index in [2.05, 4.69) is 18.7 Å². The Balaban J connectivity index is 2.13. The Morgan fingerprint density at radius 1 is 1.20 bits per heavy atom. The van der Waals surface area contributed by atoms with Crippen molar-refractivity contribution < 1.29 is 4.39 Å². The van der Waals surface area contributed by atoms with Crippen LogP contribution in [0.1, 0.15) is 13.8 Å². The minimum absolute atomic E-state index is 0.0428. The normalized spacial score (nSPS) is 16.9. The fourth-order valence-electron chi connectivity index (χ4n) is 2.65. The number of nitrogens with two attached hydrogens (primary N) is 2. The van der Waals surface area contributed by atoms with E-state index in [0.29, 0.717) is 17.3 Å². The van der Waals surface area contributed by atoms with Crippen molar-refractivity contribution in [3.8, 4) is 0 Å². The molecule has 1 saturated heterocycles. The third-order valence-electron chi connectivity index (χ3n) is 3.55. The van der Waals surface area contributed by atoms with E-state index >= 15 is 0 Å². The molecule has 0 aliphatic carbocycles. The number of piperazine rings is 1. The molecule has 0 aromatic heterocycles. The van der Waals surface area contributed by atoms with Crippen molar-refractivity contribution in [1.29, 1.82) is 0 Å². The van der Waals surface area contributed by atoms with Gasteiger partial charge in [-0.05, 0) is 12.0 Å². The summed E-state index contributed by atoms with van der Waals surface area (Å²) >= 11 is 5.88. The van der Waals surface area contributed by atoms with E-state index in [9.17, 15) is 4.39 Å². The lowest BCUT2D eigenvalue weighted by Gasteiger charge is -2.37. The first-order valence-electron chi connectivity index (χ1n) is 6.90. The van der Waals surface area contributed by atoms with Crippen LogP contribution in [0.5, 0.6) is 0 Å². The molecule has 0 spiro atoms. The van der Waals surface area contributed by atoms with Gasteiger partial charge >= 0.3 is 0 Å².